The first kappa shape index (κ1) is 16.0. The molecule has 0 heterocycles. The highest BCUT2D eigenvalue weighted by Gasteiger charge is 2.20. The normalized spacial score (nSPS) is 14.8. The summed E-state index contributed by atoms with van der Waals surface area (Å²) in [5.74, 6) is 0. The smallest absolute Gasteiger partial charge is 0.234 e. The van der Waals surface area contributed by atoms with Gasteiger partial charge in [0, 0.05) is 5.56 Å². The molecule has 0 fully saturated rings. The summed E-state index contributed by atoms with van der Waals surface area (Å²) in [7, 11) is -1.39. The third kappa shape index (κ3) is 3.93. The Hall–Kier alpha value is -1.10. The number of hydrogen-bond donors (Lipinski definition) is 0. The molecular formula is C14H19F2NOS. The summed E-state index contributed by atoms with van der Waals surface area (Å²) in [6, 6.07) is 4.69. The van der Waals surface area contributed by atoms with Gasteiger partial charge in [-0.1, -0.05) is 18.2 Å². The molecule has 0 saturated heterocycles. The maximum absolute atomic E-state index is 12.8. The van der Waals surface area contributed by atoms with Crippen LogP contribution in [0.1, 0.15) is 50.8 Å². The zero-order valence-corrected chi connectivity index (χ0v) is 12.6. The Kier molecular flexibility index (Phi) is 4.96. The van der Waals surface area contributed by atoms with E-state index in [9.17, 15) is 13.0 Å². The summed E-state index contributed by atoms with van der Waals surface area (Å²) in [6.45, 7) is 8.80. The predicted molar refractivity (Wildman–Crippen MR) is 76.2 cm³/mol. The highest BCUT2D eigenvalue weighted by Crippen LogP contribution is 2.25. The number of nitrogens with zero attached hydrogens (tertiary/aromatic N) is 1. The number of benzene rings is 1. The van der Waals surface area contributed by atoms with Crippen LogP contribution in [-0.4, -0.2) is 14.7 Å². The number of hydrogen-bond acceptors (Lipinski definition) is 1. The lowest BCUT2D eigenvalue weighted by Gasteiger charge is -2.15. The zero-order chi connectivity index (χ0) is 14.8. The molecule has 0 spiro atoms. The molecule has 1 aromatic carbocycles. The van der Waals surface area contributed by atoms with Crippen LogP contribution in [0.15, 0.2) is 22.6 Å². The third-order valence-corrected chi connectivity index (χ3v) is 4.23. The molecule has 1 atom stereocenters. The molecule has 0 saturated carbocycles. The van der Waals surface area contributed by atoms with Crippen molar-refractivity contribution < 1.29 is 13.0 Å². The molecule has 1 unspecified atom stereocenters. The molecule has 19 heavy (non-hydrogen) atoms. The van der Waals surface area contributed by atoms with Crippen molar-refractivity contribution in [3.63, 3.8) is 0 Å². The predicted octanol–water partition coefficient (Wildman–Crippen LogP) is 4.20. The van der Waals surface area contributed by atoms with Crippen LogP contribution in [0.25, 0.3) is 0 Å². The lowest BCUT2D eigenvalue weighted by atomic mass is 10.00. The van der Waals surface area contributed by atoms with E-state index in [1.54, 1.807) is 26.0 Å². The van der Waals surface area contributed by atoms with Gasteiger partial charge in [-0.2, -0.15) is 4.40 Å². The first-order valence-corrected chi connectivity index (χ1v) is 7.10. The second kappa shape index (κ2) is 5.90. The standard InChI is InChI=1S/C14H19F2NOS/c1-9-11(7-6-8-12(9)13(15)16)10(2)17-19(18)14(3,4)5/h6-8,13H,1-5H3/b17-10-. The van der Waals surface area contributed by atoms with E-state index in [-0.39, 0.29) is 5.56 Å². The molecule has 1 aromatic rings. The molecule has 5 heteroatoms. The van der Waals surface area contributed by atoms with Gasteiger partial charge in [0.05, 0.1) is 10.5 Å². The van der Waals surface area contributed by atoms with Gasteiger partial charge in [0.2, 0.25) is 0 Å². The van der Waals surface area contributed by atoms with Crippen LogP contribution in [-0.2, 0) is 11.0 Å². The lowest BCUT2D eigenvalue weighted by Crippen LogP contribution is -2.20. The fraction of sp³-hybridized carbons (Fsp3) is 0.500. The molecule has 0 aliphatic carbocycles. The van der Waals surface area contributed by atoms with Crippen molar-refractivity contribution in [2.75, 3.05) is 0 Å². The highest BCUT2D eigenvalue weighted by molar-refractivity contribution is 7.85. The average Bonchev–Trinajstić information content (AvgIpc) is 2.27. The molecule has 0 aliphatic rings. The minimum atomic E-state index is -2.51. The molecule has 2 nitrogen and oxygen atoms in total. The minimum Gasteiger partial charge on any atom is -0.234 e. The van der Waals surface area contributed by atoms with Crippen LogP contribution >= 0.6 is 0 Å². The Bertz CT molecular complexity index is 519. The first-order valence-electron chi connectivity index (χ1n) is 6.00. The van der Waals surface area contributed by atoms with Gasteiger partial charge in [0.25, 0.3) is 6.43 Å². The van der Waals surface area contributed by atoms with Crippen LogP contribution in [0, 0.1) is 6.92 Å². The van der Waals surface area contributed by atoms with Crippen LogP contribution in [0.3, 0.4) is 0 Å². The summed E-state index contributed by atoms with van der Waals surface area (Å²) in [6.07, 6.45) is -2.51. The Morgan fingerprint density at radius 1 is 1.32 bits per heavy atom. The maximum Gasteiger partial charge on any atom is 0.264 e. The fourth-order valence-corrected chi connectivity index (χ4v) is 2.21. The second-order valence-electron chi connectivity index (χ2n) is 5.36. The van der Waals surface area contributed by atoms with Crippen molar-refractivity contribution >= 4 is 16.7 Å². The van der Waals surface area contributed by atoms with Gasteiger partial charge in [-0.3, -0.25) is 0 Å². The van der Waals surface area contributed by atoms with Crippen LogP contribution in [0.4, 0.5) is 8.78 Å². The van der Waals surface area contributed by atoms with E-state index < -0.39 is 22.2 Å². The SMILES string of the molecule is C/C(=N/S(=O)C(C)(C)C)c1cccc(C(F)F)c1C. The van der Waals surface area contributed by atoms with E-state index in [0.29, 0.717) is 16.8 Å². The van der Waals surface area contributed by atoms with Crippen molar-refractivity contribution in [1.29, 1.82) is 0 Å². The Balaban J connectivity index is 3.21. The largest absolute Gasteiger partial charge is 0.264 e. The summed E-state index contributed by atoms with van der Waals surface area (Å²) < 4.78 is 41.3. The van der Waals surface area contributed by atoms with Crippen molar-refractivity contribution in [3.05, 3.63) is 34.9 Å². The van der Waals surface area contributed by atoms with Gasteiger partial charge in [-0.15, -0.1) is 0 Å². The van der Waals surface area contributed by atoms with Crippen molar-refractivity contribution in [2.24, 2.45) is 4.40 Å². The Morgan fingerprint density at radius 3 is 2.37 bits per heavy atom. The second-order valence-corrected chi connectivity index (χ2v) is 7.26. The molecule has 0 bridgehead atoms. The van der Waals surface area contributed by atoms with E-state index >= 15 is 0 Å². The van der Waals surface area contributed by atoms with Crippen LogP contribution in [0.5, 0.6) is 0 Å². The summed E-state index contributed by atoms with van der Waals surface area (Å²) in [5, 5.41) is 0. The Labute approximate surface area is 115 Å². The van der Waals surface area contributed by atoms with E-state index in [0.717, 1.165) is 0 Å². The molecule has 0 aromatic heterocycles. The molecule has 0 aliphatic heterocycles. The average molecular weight is 287 g/mol. The molecule has 0 radical (unpaired) electrons. The minimum absolute atomic E-state index is 0.00593. The topological polar surface area (TPSA) is 29.4 Å². The summed E-state index contributed by atoms with van der Waals surface area (Å²) in [4.78, 5) is 0. The van der Waals surface area contributed by atoms with E-state index in [1.807, 2.05) is 20.8 Å². The molecule has 106 valence electrons. The van der Waals surface area contributed by atoms with Crippen molar-refractivity contribution in [3.8, 4) is 0 Å². The van der Waals surface area contributed by atoms with Gasteiger partial charge in [-0.05, 0) is 45.7 Å². The number of halogens is 2. The van der Waals surface area contributed by atoms with Gasteiger partial charge in [-0.25, -0.2) is 13.0 Å². The molecule has 0 N–H and O–H groups in total. The van der Waals surface area contributed by atoms with Crippen LogP contribution < -0.4 is 0 Å². The van der Waals surface area contributed by atoms with Crippen molar-refractivity contribution in [2.45, 2.75) is 45.8 Å². The zero-order valence-electron chi connectivity index (χ0n) is 11.8. The first-order chi connectivity index (χ1) is 8.64. The number of rotatable bonds is 3. The van der Waals surface area contributed by atoms with Gasteiger partial charge < -0.3 is 0 Å². The van der Waals surface area contributed by atoms with Crippen LogP contribution in [0.2, 0.25) is 0 Å². The van der Waals surface area contributed by atoms with Gasteiger partial charge in [0.1, 0.15) is 11.0 Å². The molecular weight excluding hydrogens is 268 g/mol. The van der Waals surface area contributed by atoms with E-state index in [2.05, 4.69) is 4.40 Å². The molecule has 0 amide bonds. The van der Waals surface area contributed by atoms with Crippen molar-refractivity contribution in [1.82, 2.24) is 0 Å². The monoisotopic (exact) mass is 287 g/mol. The summed E-state index contributed by atoms with van der Waals surface area (Å²) >= 11 is 0. The summed E-state index contributed by atoms with van der Waals surface area (Å²) in [5.41, 5.74) is 1.63. The highest BCUT2D eigenvalue weighted by atomic mass is 32.2. The Morgan fingerprint density at radius 2 is 1.89 bits per heavy atom. The van der Waals surface area contributed by atoms with Gasteiger partial charge >= 0.3 is 0 Å². The number of alkyl halides is 2. The lowest BCUT2D eigenvalue weighted by molar-refractivity contribution is 0.150. The fourth-order valence-electron chi connectivity index (χ4n) is 1.59. The molecule has 1 rings (SSSR count). The van der Waals surface area contributed by atoms with Gasteiger partial charge in [0.15, 0.2) is 0 Å². The third-order valence-electron chi connectivity index (χ3n) is 2.74. The maximum atomic E-state index is 12.8. The van der Waals surface area contributed by atoms with E-state index in [4.69, 9.17) is 0 Å². The quantitative estimate of drug-likeness (QED) is 0.766. The van der Waals surface area contributed by atoms with E-state index in [1.165, 1.54) is 6.07 Å².